The molecule has 5 heterocycles. The number of hydrogen-bond donors (Lipinski definition) is 5. The number of nitrogens with two attached hydrogens (primary N) is 4. The van der Waals surface area contributed by atoms with Crippen LogP contribution in [0.4, 0.5) is 17.8 Å². The number of rotatable bonds is 29. The van der Waals surface area contributed by atoms with Crippen LogP contribution in [0.1, 0.15) is 88.3 Å². The van der Waals surface area contributed by atoms with E-state index in [0.29, 0.717) is 147 Å². The van der Waals surface area contributed by atoms with Gasteiger partial charge in [-0.3, -0.25) is 9.59 Å². The van der Waals surface area contributed by atoms with E-state index >= 15 is 0 Å². The maximum atomic E-state index is 14.2. The maximum absolute atomic E-state index is 14.2. The number of nitrogens with one attached hydrogen (secondary N) is 1. The lowest BCUT2D eigenvalue weighted by Gasteiger charge is -2.38. The third kappa shape index (κ3) is 15.2. The number of anilines is 3. The van der Waals surface area contributed by atoms with E-state index in [4.69, 9.17) is 58.5 Å². The van der Waals surface area contributed by atoms with Crippen LogP contribution in [0.15, 0.2) is 12.4 Å². The van der Waals surface area contributed by atoms with E-state index in [1.807, 2.05) is 16.0 Å². The molecule has 23 heteroatoms. The van der Waals surface area contributed by atoms with Crippen molar-refractivity contribution in [3.63, 3.8) is 0 Å². The molecular formula is C42H72N18O5. The van der Waals surface area contributed by atoms with E-state index in [2.05, 4.69) is 55.5 Å². The molecule has 0 bridgehead atoms. The van der Waals surface area contributed by atoms with Gasteiger partial charge in [-0.1, -0.05) is 36.6 Å². The summed E-state index contributed by atoms with van der Waals surface area (Å²) in [5, 5.41) is 20.4. The van der Waals surface area contributed by atoms with Crippen LogP contribution in [0.25, 0.3) is 0 Å². The van der Waals surface area contributed by atoms with Gasteiger partial charge in [-0.25, -0.2) is 9.36 Å². The predicted octanol–water partition coefficient (Wildman–Crippen LogP) is -0.308. The first-order chi connectivity index (χ1) is 31.7. The zero-order valence-electron chi connectivity index (χ0n) is 38.4. The van der Waals surface area contributed by atoms with E-state index in [1.54, 1.807) is 15.6 Å². The van der Waals surface area contributed by atoms with Crippen LogP contribution >= 0.6 is 0 Å². The Kier molecular flexibility index (Phi) is 21.5. The monoisotopic (exact) mass is 909 g/mol. The highest BCUT2D eigenvalue weighted by atomic mass is 16.5. The summed E-state index contributed by atoms with van der Waals surface area (Å²) >= 11 is 0. The van der Waals surface area contributed by atoms with Crippen molar-refractivity contribution < 1.29 is 23.8 Å². The number of amides is 2. The summed E-state index contributed by atoms with van der Waals surface area (Å²) in [6.45, 7) is 12.2. The molecular weight excluding hydrogens is 837 g/mol. The topological polar surface area (TPSA) is 291 Å². The van der Waals surface area contributed by atoms with Crippen molar-refractivity contribution in [3.05, 3.63) is 23.8 Å². The molecule has 2 saturated heterocycles. The third-order valence-electron chi connectivity index (χ3n) is 11.8. The fourth-order valence-electron chi connectivity index (χ4n) is 7.60. The molecule has 2 aliphatic heterocycles. The van der Waals surface area contributed by atoms with Crippen LogP contribution < -0.4 is 38.1 Å². The molecule has 3 aromatic rings. The number of nitrogens with zero attached hydrogens (tertiary/aromatic N) is 13. The van der Waals surface area contributed by atoms with Gasteiger partial charge in [0.05, 0.1) is 62.9 Å². The lowest BCUT2D eigenvalue weighted by molar-refractivity contribution is -0.136. The summed E-state index contributed by atoms with van der Waals surface area (Å²) in [5.74, 6) is 3.98. The molecule has 9 N–H and O–H groups in total. The van der Waals surface area contributed by atoms with Crippen LogP contribution in [0.5, 0.6) is 0 Å². The molecule has 3 aromatic heterocycles. The number of aromatic nitrogens is 9. The number of carbonyl (C=O) groups excluding carboxylic acids is 2. The fraction of sp³-hybridized carbons (Fsp3) is 0.738. The molecule has 360 valence electrons. The number of unbranched alkanes of at least 4 members (excludes halogenated alkanes) is 2. The van der Waals surface area contributed by atoms with Crippen LogP contribution in [-0.4, -0.2) is 178 Å². The van der Waals surface area contributed by atoms with Crippen molar-refractivity contribution in [3.8, 4) is 12.3 Å². The summed E-state index contributed by atoms with van der Waals surface area (Å²) in [6, 6.07) is -1.29. The van der Waals surface area contributed by atoms with Crippen LogP contribution in [0.3, 0.4) is 0 Å². The molecule has 65 heavy (non-hydrogen) atoms. The van der Waals surface area contributed by atoms with E-state index in [-0.39, 0.29) is 36.9 Å². The van der Waals surface area contributed by atoms with Gasteiger partial charge in [-0.05, 0) is 57.5 Å². The Balaban J connectivity index is 1.25. The third-order valence-corrected chi connectivity index (χ3v) is 11.8. The Labute approximate surface area is 382 Å². The molecule has 0 radical (unpaired) electrons. The molecule has 4 atom stereocenters. The molecule has 4 unspecified atom stereocenters. The SMILES string of the molecule is C#CCOCCOCCOCCNc1nc(N2CCN(C(=O)C(CCCCN)n3cc(CN)nn3)CC2)nc(N2CCN(C(=O)C(CCCCN)n3cc(C(N)C(C)CC)nn3)CC2)n1. The first kappa shape index (κ1) is 50.9. The molecule has 2 fully saturated rings. The molecule has 0 aromatic carbocycles. The predicted molar refractivity (Wildman–Crippen MR) is 245 cm³/mol. The van der Waals surface area contributed by atoms with Crippen molar-refractivity contribution in [1.82, 2.24) is 54.7 Å². The van der Waals surface area contributed by atoms with Gasteiger partial charge in [0.25, 0.3) is 0 Å². The summed E-state index contributed by atoms with van der Waals surface area (Å²) in [5.41, 5.74) is 25.2. The standard InChI is InChI=1S/C42H72N18O5/c1-4-23-63-25-27-65-28-26-64-24-14-47-40-48-41(57-19-15-55(16-20-57)38(61)35(10-6-8-12-43)59-30-33(29-45)51-53-59)50-42(49-40)58-21-17-56(18-22-58)39(62)36(11-7-9-13-44)60-31-34(52-54-60)37(46)32(3)5-2/h1,30-32,35-37H,5-29,43-46H2,2-3H3,(H,47,48,49,50). The maximum Gasteiger partial charge on any atom is 0.247 e. The van der Waals surface area contributed by atoms with Gasteiger partial charge in [0, 0.05) is 65.4 Å². The summed E-state index contributed by atoms with van der Waals surface area (Å²) < 4.78 is 19.8. The van der Waals surface area contributed by atoms with E-state index in [9.17, 15) is 9.59 Å². The first-order valence-electron chi connectivity index (χ1n) is 23.1. The lowest BCUT2D eigenvalue weighted by atomic mass is 9.98. The second kappa shape index (κ2) is 27.4. The Bertz CT molecular complexity index is 1890. The van der Waals surface area contributed by atoms with Gasteiger partial charge in [-0.15, -0.1) is 16.6 Å². The second-order valence-electron chi connectivity index (χ2n) is 16.3. The summed E-state index contributed by atoms with van der Waals surface area (Å²) in [6.07, 6.45) is 14.0. The number of terminal acetylenes is 1. The van der Waals surface area contributed by atoms with E-state index in [1.165, 1.54) is 0 Å². The summed E-state index contributed by atoms with van der Waals surface area (Å²) in [7, 11) is 0. The van der Waals surface area contributed by atoms with Gasteiger partial charge in [0.1, 0.15) is 18.7 Å². The number of ether oxygens (including phenoxy) is 3. The molecule has 0 aliphatic carbocycles. The fourth-order valence-corrected chi connectivity index (χ4v) is 7.60. The normalized spacial score (nSPS) is 16.3. The Morgan fingerprint density at radius 2 is 1.26 bits per heavy atom. The number of piperazine rings is 2. The minimum absolute atomic E-state index is 0.0192. The van der Waals surface area contributed by atoms with Gasteiger partial charge in [0.2, 0.25) is 29.7 Å². The van der Waals surface area contributed by atoms with Crippen LogP contribution in [-0.2, 0) is 30.3 Å². The van der Waals surface area contributed by atoms with Crippen molar-refractivity contribution in [2.24, 2.45) is 28.9 Å². The lowest BCUT2D eigenvalue weighted by Crippen LogP contribution is -2.52. The molecule has 5 rings (SSSR count). The molecule has 0 spiro atoms. The van der Waals surface area contributed by atoms with E-state index < -0.39 is 12.1 Å². The van der Waals surface area contributed by atoms with Crippen LogP contribution in [0, 0.1) is 18.3 Å². The van der Waals surface area contributed by atoms with Crippen molar-refractivity contribution in [1.29, 1.82) is 0 Å². The van der Waals surface area contributed by atoms with Crippen LogP contribution in [0.2, 0.25) is 0 Å². The van der Waals surface area contributed by atoms with Gasteiger partial charge in [-0.2, -0.15) is 15.0 Å². The average molecular weight is 909 g/mol. The highest BCUT2D eigenvalue weighted by Crippen LogP contribution is 2.26. The summed E-state index contributed by atoms with van der Waals surface area (Å²) in [4.78, 5) is 50.7. The Hall–Kier alpha value is -5.09. The molecule has 23 nitrogen and oxygen atoms in total. The van der Waals surface area contributed by atoms with E-state index in [0.717, 1.165) is 32.1 Å². The molecule has 2 amide bonds. The van der Waals surface area contributed by atoms with Gasteiger partial charge in [0.15, 0.2) is 0 Å². The Morgan fingerprint density at radius 3 is 1.77 bits per heavy atom. The zero-order valence-corrected chi connectivity index (χ0v) is 38.4. The minimum Gasteiger partial charge on any atom is -0.377 e. The van der Waals surface area contributed by atoms with Crippen molar-refractivity contribution in [2.45, 2.75) is 83.5 Å². The number of carbonyl (C=O) groups is 2. The first-order valence-corrected chi connectivity index (χ1v) is 23.1. The average Bonchev–Trinajstić information content (AvgIpc) is 4.04. The highest BCUT2D eigenvalue weighted by Gasteiger charge is 2.33. The zero-order chi connectivity index (χ0) is 46.4. The van der Waals surface area contributed by atoms with Gasteiger partial charge >= 0.3 is 0 Å². The Morgan fingerprint density at radius 1 is 0.738 bits per heavy atom. The second-order valence-corrected chi connectivity index (χ2v) is 16.3. The quantitative estimate of drug-likeness (QED) is 0.0441. The van der Waals surface area contributed by atoms with Gasteiger partial charge < -0.3 is 62.1 Å². The van der Waals surface area contributed by atoms with Crippen molar-refractivity contribution >= 4 is 29.7 Å². The minimum atomic E-state index is -0.522. The molecule has 2 aliphatic rings. The largest absolute Gasteiger partial charge is 0.377 e. The smallest absolute Gasteiger partial charge is 0.247 e. The number of hydrogen-bond acceptors (Lipinski definition) is 19. The van der Waals surface area contributed by atoms with Crippen molar-refractivity contribution in [2.75, 3.05) is 127 Å². The highest BCUT2D eigenvalue weighted by molar-refractivity contribution is 5.81. The molecule has 0 saturated carbocycles.